The molecule has 4 rings (SSSR count). The fraction of sp³-hybridized carbons (Fsp3) is 0.150. The van der Waals surface area contributed by atoms with Crippen molar-refractivity contribution in [2.75, 3.05) is 7.11 Å². The van der Waals surface area contributed by atoms with Gasteiger partial charge in [-0.25, -0.2) is 4.98 Å². The fourth-order valence-corrected chi connectivity index (χ4v) is 4.55. The first-order chi connectivity index (χ1) is 13.3. The van der Waals surface area contributed by atoms with E-state index in [0.717, 1.165) is 38.6 Å². The molecule has 0 bridgehead atoms. The summed E-state index contributed by atoms with van der Waals surface area (Å²) in [4.78, 5) is 4.77. The molecule has 136 valence electrons. The van der Waals surface area contributed by atoms with Gasteiger partial charge in [0.2, 0.25) is 0 Å². The Bertz CT molecular complexity index is 1060. The summed E-state index contributed by atoms with van der Waals surface area (Å²) in [6, 6.07) is 16.2. The van der Waals surface area contributed by atoms with Crippen LogP contribution < -0.4 is 4.74 Å². The van der Waals surface area contributed by atoms with E-state index < -0.39 is 0 Å². The predicted octanol–water partition coefficient (Wildman–Crippen LogP) is 5.00. The average molecular weight is 395 g/mol. The van der Waals surface area contributed by atoms with Crippen LogP contribution in [0.4, 0.5) is 0 Å². The minimum Gasteiger partial charge on any atom is -0.496 e. The summed E-state index contributed by atoms with van der Waals surface area (Å²) in [5.41, 5.74) is 4.32. The summed E-state index contributed by atoms with van der Waals surface area (Å²) in [7, 11) is 1.68. The summed E-state index contributed by atoms with van der Waals surface area (Å²) in [6.07, 6.45) is 1.76. The van der Waals surface area contributed by atoms with Gasteiger partial charge in [-0.15, -0.1) is 21.5 Å². The maximum atomic E-state index is 5.44. The number of aryl methyl sites for hydroxylation is 1. The second kappa shape index (κ2) is 7.94. The van der Waals surface area contributed by atoms with Gasteiger partial charge in [0.25, 0.3) is 0 Å². The van der Waals surface area contributed by atoms with Gasteiger partial charge in [0, 0.05) is 11.1 Å². The Kier molecular flexibility index (Phi) is 5.22. The molecule has 2 aromatic carbocycles. The number of para-hydroxylation sites is 2. The zero-order valence-corrected chi connectivity index (χ0v) is 16.6. The van der Waals surface area contributed by atoms with Crippen LogP contribution >= 0.6 is 23.1 Å². The Morgan fingerprint density at radius 1 is 1.11 bits per heavy atom. The molecule has 0 aliphatic rings. The number of thiazole rings is 1. The molecule has 0 atom stereocenters. The van der Waals surface area contributed by atoms with Gasteiger partial charge >= 0.3 is 0 Å². The molecule has 0 radical (unpaired) electrons. The molecule has 27 heavy (non-hydrogen) atoms. The lowest BCUT2D eigenvalue weighted by Gasteiger charge is -2.08. The van der Waals surface area contributed by atoms with E-state index in [9.17, 15) is 0 Å². The van der Waals surface area contributed by atoms with E-state index in [1.807, 2.05) is 41.0 Å². The normalized spacial score (nSPS) is 10.9. The minimum absolute atomic E-state index is 0.732. The highest BCUT2D eigenvalue weighted by atomic mass is 32.2. The molecule has 7 heteroatoms. The molecule has 0 fully saturated rings. The second-order valence-electron chi connectivity index (χ2n) is 5.90. The van der Waals surface area contributed by atoms with E-state index >= 15 is 0 Å². The third kappa shape index (κ3) is 3.74. The third-order valence-corrected chi connectivity index (χ3v) is 6.03. The lowest BCUT2D eigenvalue weighted by molar-refractivity contribution is 0.416. The molecule has 0 N–H and O–H groups in total. The van der Waals surface area contributed by atoms with Crippen LogP contribution in [0, 0.1) is 6.92 Å². The zero-order chi connectivity index (χ0) is 18.6. The van der Waals surface area contributed by atoms with Crippen LogP contribution in [-0.4, -0.2) is 26.9 Å². The van der Waals surface area contributed by atoms with Crippen molar-refractivity contribution in [2.45, 2.75) is 17.8 Å². The maximum absolute atomic E-state index is 5.44. The molecule has 0 aliphatic heterocycles. The van der Waals surface area contributed by atoms with Crippen molar-refractivity contribution in [1.82, 2.24) is 19.7 Å². The number of benzene rings is 2. The molecule has 0 spiro atoms. The van der Waals surface area contributed by atoms with Gasteiger partial charge in [0.05, 0.1) is 24.1 Å². The number of ether oxygens (including phenoxy) is 1. The first-order valence-corrected chi connectivity index (χ1v) is 10.3. The van der Waals surface area contributed by atoms with Gasteiger partial charge in [-0.2, -0.15) is 0 Å². The molecule has 0 amide bonds. The molecular weight excluding hydrogens is 376 g/mol. The summed E-state index contributed by atoms with van der Waals surface area (Å²) in [5, 5.41) is 12.3. The number of nitrogens with zero attached hydrogens (tertiary/aromatic N) is 4. The minimum atomic E-state index is 0.732. The number of rotatable bonds is 6. The third-order valence-electron chi connectivity index (χ3n) is 4.13. The second-order valence-corrected chi connectivity index (χ2v) is 7.70. The molecule has 0 saturated heterocycles. The largest absolute Gasteiger partial charge is 0.496 e. The van der Waals surface area contributed by atoms with Gasteiger partial charge in [0.1, 0.15) is 17.1 Å². The van der Waals surface area contributed by atoms with Crippen molar-refractivity contribution in [3.05, 3.63) is 71.5 Å². The van der Waals surface area contributed by atoms with Crippen LogP contribution in [0.1, 0.15) is 11.3 Å². The number of methoxy groups -OCH3 is 1. The summed E-state index contributed by atoms with van der Waals surface area (Å²) in [6.45, 7) is 2.09. The zero-order valence-electron chi connectivity index (χ0n) is 15.0. The van der Waals surface area contributed by atoms with Crippen molar-refractivity contribution < 1.29 is 4.74 Å². The highest BCUT2D eigenvalue weighted by Gasteiger charge is 2.12. The van der Waals surface area contributed by atoms with Crippen LogP contribution in [-0.2, 0) is 5.75 Å². The molecule has 2 heterocycles. The number of hydrogen-bond acceptors (Lipinski definition) is 6. The Hall–Kier alpha value is -2.64. The summed E-state index contributed by atoms with van der Waals surface area (Å²) in [5.74, 6) is 1.57. The van der Waals surface area contributed by atoms with E-state index in [2.05, 4.69) is 34.6 Å². The number of hydrogen-bond donors (Lipinski definition) is 0. The van der Waals surface area contributed by atoms with Crippen molar-refractivity contribution in [3.8, 4) is 22.0 Å². The Morgan fingerprint density at radius 3 is 2.78 bits per heavy atom. The highest BCUT2D eigenvalue weighted by Crippen LogP contribution is 2.33. The van der Waals surface area contributed by atoms with Crippen molar-refractivity contribution >= 4 is 23.1 Å². The maximum Gasteiger partial charge on any atom is 0.196 e. The van der Waals surface area contributed by atoms with Crippen LogP contribution in [0.15, 0.2) is 65.4 Å². The highest BCUT2D eigenvalue weighted by molar-refractivity contribution is 7.98. The summed E-state index contributed by atoms with van der Waals surface area (Å²) >= 11 is 3.26. The van der Waals surface area contributed by atoms with E-state index in [0.29, 0.717) is 0 Å². The molecule has 0 saturated carbocycles. The lowest BCUT2D eigenvalue weighted by Crippen LogP contribution is -1.97. The Morgan fingerprint density at radius 2 is 1.93 bits per heavy atom. The fourth-order valence-electron chi connectivity index (χ4n) is 2.78. The molecule has 2 aromatic heterocycles. The molecule has 0 aliphatic carbocycles. The first-order valence-electron chi connectivity index (χ1n) is 8.43. The van der Waals surface area contributed by atoms with Gasteiger partial charge in [-0.3, -0.25) is 4.57 Å². The molecule has 5 nitrogen and oxygen atoms in total. The quantitative estimate of drug-likeness (QED) is 0.431. The van der Waals surface area contributed by atoms with Crippen LogP contribution in [0.3, 0.4) is 0 Å². The summed E-state index contributed by atoms with van der Waals surface area (Å²) < 4.78 is 7.46. The Balaban J connectivity index is 1.52. The lowest BCUT2D eigenvalue weighted by atomic mass is 10.2. The average Bonchev–Trinajstić information content (AvgIpc) is 3.36. The van der Waals surface area contributed by atoms with Gasteiger partial charge in [-0.05, 0) is 30.7 Å². The van der Waals surface area contributed by atoms with Crippen molar-refractivity contribution in [1.29, 1.82) is 0 Å². The van der Waals surface area contributed by atoms with Crippen molar-refractivity contribution in [2.24, 2.45) is 0 Å². The first kappa shape index (κ1) is 17.8. The molecule has 0 unspecified atom stereocenters. The van der Waals surface area contributed by atoms with E-state index in [1.165, 1.54) is 5.56 Å². The van der Waals surface area contributed by atoms with E-state index in [-0.39, 0.29) is 0 Å². The van der Waals surface area contributed by atoms with Crippen LogP contribution in [0.25, 0.3) is 16.3 Å². The van der Waals surface area contributed by atoms with E-state index in [1.54, 1.807) is 36.5 Å². The number of aromatic nitrogens is 4. The molecule has 4 aromatic rings. The van der Waals surface area contributed by atoms with E-state index in [4.69, 9.17) is 9.72 Å². The topological polar surface area (TPSA) is 52.8 Å². The molecular formula is C20H18N4OS2. The van der Waals surface area contributed by atoms with Gasteiger partial charge in [0.15, 0.2) is 5.16 Å². The standard InChI is InChI=1S/C20H18N4OS2/c1-14-7-3-5-9-17(14)24-13-21-23-20(24)27-12-15-11-26-19(22-15)16-8-4-6-10-18(16)25-2/h3-11,13H,12H2,1-2H3. The van der Waals surface area contributed by atoms with Gasteiger partial charge < -0.3 is 4.74 Å². The Labute approximate surface area is 166 Å². The van der Waals surface area contributed by atoms with Gasteiger partial charge in [-0.1, -0.05) is 42.1 Å². The monoisotopic (exact) mass is 394 g/mol. The van der Waals surface area contributed by atoms with Crippen molar-refractivity contribution in [3.63, 3.8) is 0 Å². The van der Waals surface area contributed by atoms with Crippen LogP contribution in [0.5, 0.6) is 5.75 Å². The number of thioether (sulfide) groups is 1. The van der Waals surface area contributed by atoms with Crippen LogP contribution in [0.2, 0.25) is 0 Å². The smallest absolute Gasteiger partial charge is 0.196 e. The predicted molar refractivity (Wildman–Crippen MR) is 110 cm³/mol. The SMILES string of the molecule is COc1ccccc1-c1nc(CSc2nncn2-c2ccccc2C)cs1.